The molecule has 1 aromatic carbocycles. The van der Waals surface area contributed by atoms with Gasteiger partial charge in [-0.15, -0.1) is 0 Å². The maximum absolute atomic E-state index is 12.1. The average Bonchev–Trinajstić information content (AvgIpc) is 2.28. The molecular weight excluding hydrogens is 292 g/mol. The van der Waals surface area contributed by atoms with Crippen LogP contribution in [0.2, 0.25) is 0 Å². The normalized spacial score (nSPS) is 12.8. The topological polar surface area (TPSA) is 32.3 Å². The predicted octanol–water partition coefficient (Wildman–Crippen LogP) is 2.77. The van der Waals surface area contributed by atoms with Crippen LogP contribution in [0.15, 0.2) is 28.7 Å². The zero-order chi connectivity index (χ0) is 13.7. The van der Waals surface area contributed by atoms with Crippen LogP contribution in [-0.2, 0) is 0 Å². The van der Waals surface area contributed by atoms with Crippen molar-refractivity contribution >= 4 is 21.8 Å². The molecule has 0 heterocycles. The Morgan fingerprint density at radius 2 is 1.94 bits per heavy atom. The third kappa shape index (κ3) is 4.10. The molecule has 0 aliphatic rings. The van der Waals surface area contributed by atoms with Crippen molar-refractivity contribution in [2.75, 3.05) is 20.6 Å². The summed E-state index contributed by atoms with van der Waals surface area (Å²) >= 11 is 3.39. The molecule has 0 saturated heterocycles. The lowest BCUT2D eigenvalue weighted by atomic mass is 10.0. The maximum Gasteiger partial charge on any atom is 0.252 e. The van der Waals surface area contributed by atoms with Crippen molar-refractivity contribution in [1.29, 1.82) is 0 Å². The van der Waals surface area contributed by atoms with Crippen molar-refractivity contribution in [2.45, 2.75) is 19.9 Å². The van der Waals surface area contributed by atoms with Crippen molar-refractivity contribution in [2.24, 2.45) is 5.92 Å². The van der Waals surface area contributed by atoms with Crippen LogP contribution in [0.3, 0.4) is 0 Å². The summed E-state index contributed by atoms with van der Waals surface area (Å²) in [5, 5.41) is 2.99. The number of carbonyl (C=O) groups excluding carboxylic acids is 1. The maximum atomic E-state index is 12.1. The smallest absolute Gasteiger partial charge is 0.252 e. The van der Waals surface area contributed by atoms with Gasteiger partial charge in [-0.1, -0.05) is 26.0 Å². The SMILES string of the molecule is CC(C)C(CNC(=O)c1ccccc1Br)N(C)C. The molecule has 0 bridgehead atoms. The Kier molecular flexibility index (Phi) is 5.82. The number of hydrogen-bond acceptors (Lipinski definition) is 2. The van der Waals surface area contributed by atoms with Crippen LogP contribution in [0.5, 0.6) is 0 Å². The third-order valence-electron chi connectivity index (χ3n) is 3.02. The first-order valence-corrected chi connectivity index (χ1v) is 6.92. The van der Waals surface area contributed by atoms with Gasteiger partial charge in [0.2, 0.25) is 0 Å². The number of nitrogens with one attached hydrogen (secondary N) is 1. The molecule has 1 aromatic rings. The standard InChI is InChI=1S/C14H21BrN2O/c1-10(2)13(17(3)4)9-16-14(18)11-7-5-6-8-12(11)15/h5-8,10,13H,9H2,1-4H3,(H,16,18). The van der Waals surface area contributed by atoms with Gasteiger partial charge in [-0.2, -0.15) is 0 Å². The van der Waals surface area contributed by atoms with Gasteiger partial charge in [-0.25, -0.2) is 0 Å². The number of benzene rings is 1. The molecule has 1 unspecified atom stereocenters. The van der Waals surface area contributed by atoms with Gasteiger partial charge in [0, 0.05) is 17.1 Å². The monoisotopic (exact) mass is 312 g/mol. The van der Waals surface area contributed by atoms with Gasteiger partial charge < -0.3 is 10.2 Å². The van der Waals surface area contributed by atoms with E-state index in [0.717, 1.165) is 4.47 Å². The molecule has 0 radical (unpaired) electrons. The highest BCUT2D eigenvalue weighted by Crippen LogP contribution is 2.15. The molecule has 0 aliphatic heterocycles. The molecule has 1 rings (SSSR count). The van der Waals surface area contributed by atoms with Gasteiger partial charge in [0.1, 0.15) is 0 Å². The first-order valence-electron chi connectivity index (χ1n) is 6.12. The number of amides is 1. The summed E-state index contributed by atoms with van der Waals surface area (Å²) < 4.78 is 0.827. The summed E-state index contributed by atoms with van der Waals surface area (Å²) in [6.45, 7) is 4.98. The van der Waals surface area contributed by atoms with Crippen LogP contribution >= 0.6 is 15.9 Å². The summed E-state index contributed by atoms with van der Waals surface area (Å²) in [5.41, 5.74) is 0.679. The Labute approximate surface area is 118 Å². The fourth-order valence-corrected chi connectivity index (χ4v) is 2.42. The fraction of sp³-hybridized carbons (Fsp3) is 0.500. The van der Waals surface area contributed by atoms with E-state index in [4.69, 9.17) is 0 Å². The van der Waals surface area contributed by atoms with Crippen molar-refractivity contribution in [1.82, 2.24) is 10.2 Å². The minimum absolute atomic E-state index is 0.0324. The lowest BCUT2D eigenvalue weighted by molar-refractivity contribution is 0.0934. The molecular formula is C14H21BrN2O. The van der Waals surface area contributed by atoms with E-state index in [9.17, 15) is 4.79 Å². The summed E-state index contributed by atoms with van der Waals surface area (Å²) in [6, 6.07) is 7.81. The minimum Gasteiger partial charge on any atom is -0.350 e. The van der Waals surface area contributed by atoms with Crippen LogP contribution in [0.25, 0.3) is 0 Å². The zero-order valence-corrected chi connectivity index (χ0v) is 13.0. The van der Waals surface area contributed by atoms with E-state index >= 15 is 0 Å². The minimum atomic E-state index is -0.0324. The number of rotatable bonds is 5. The van der Waals surface area contributed by atoms with Gasteiger partial charge in [0.05, 0.1) is 5.56 Å². The van der Waals surface area contributed by atoms with E-state index in [1.807, 2.05) is 38.4 Å². The first-order chi connectivity index (χ1) is 8.43. The van der Waals surface area contributed by atoms with E-state index in [-0.39, 0.29) is 5.91 Å². The molecule has 0 fully saturated rings. The van der Waals surface area contributed by atoms with Gasteiger partial charge in [-0.3, -0.25) is 4.79 Å². The summed E-state index contributed by atoms with van der Waals surface area (Å²) in [6.07, 6.45) is 0. The molecule has 0 aromatic heterocycles. The van der Waals surface area contributed by atoms with Crippen molar-refractivity contribution < 1.29 is 4.79 Å². The van der Waals surface area contributed by atoms with Gasteiger partial charge >= 0.3 is 0 Å². The van der Waals surface area contributed by atoms with Gasteiger partial charge in [0.25, 0.3) is 5.91 Å². The van der Waals surface area contributed by atoms with Crippen LogP contribution in [0.4, 0.5) is 0 Å². The number of carbonyl (C=O) groups is 1. The quantitative estimate of drug-likeness (QED) is 0.906. The highest BCUT2D eigenvalue weighted by molar-refractivity contribution is 9.10. The highest BCUT2D eigenvalue weighted by atomic mass is 79.9. The van der Waals surface area contributed by atoms with Crippen molar-refractivity contribution in [3.8, 4) is 0 Å². The van der Waals surface area contributed by atoms with E-state index in [0.29, 0.717) is 24.1 Å². The van der Waals surface area contributed by atoms with Crippen LogP contribution < -0.4 is 5.32 Å². The lowest BCUT2D eigenvalue weighted by Gasteiger charge is -2.28. The second-order valence-corrected chi connectivity index (χ2v) is 5.82. The first kappa shape index (κ1) is 15.2. The van der Waals surface area contributed by atoms with E-state index in [1.54, 1.807) is 0 Å². The third-order valence-corrected chi connectivity index (χ3v) is 3.71. The van der Waals surface area contributed by atoms with Crippen LogP contribution in [0.1, 0.15) is 24.2 Å². The predicted molar refractivity (Wildman–Crippen MR) is 78.8 cm³/mol. The fourth-order valence-electron chi connectivity index (χ4n) is 1.95. The van der Waals surface area contributed by atoms with E-state index < -0.39 is 0 Å². The van der Waals surface area contributed by atoms with Crippen molar-refractivity contribution in [3.63, 3.8) is 0 Å². The Balaban J connectivity index is 2.64. The number of likely N-dealkylation sites (N-methyl/N-ethyl adjacent to an activating group) is 1. The summed E-state index contributed by atoms with van der Waals surface area (Å²) in [4.78, 5) is 14.2. The van der Waals surface area contributed by atoms with Gasteiger partial charge in [0.15, 0.2) is 0 Å². The van der Waals surface area contributed by atoms with Crippen LogP contribution in [0, 0.1) is 5.92 Å². The van der Waals surface area contributed by atoms with E-state index in [1.165, 1.54) is 0 Å². The summed E-state index contributed by atoms with van der Waals surface area (Å²) in [7, 11) is 4.07. The molecule has 1 atom stereocenters. The second-order valence-electron chi connectivity index (χ2n) is 4.96. The molecule has 100 valence electrons. The number of hydrogen-bond donors (Lipinski definition) is 1. The Morgan fingerprint density at radius 1 is 1.33 bits per heavy atom. The number of nitrogens with zero attached hydrogens (tertiary/aromatic N) is 1. The Bertz CT molecular complexity index is 397. The molecule has 1 N–H and O–H groups in total. The molecule has 0 saturated carbocycles. The average molecular weight is 313 g/mol. The lowest BCUT2D eigenvalue weighted by Crippen LogP contribution is -2.43. The van der Waals surface area contributed by atoms with Gasteiger partial charge in [-0.05, 0) is 48.1 Å². The molecule has 4 heteroatoms. The van der Waals surface area contributed by atoms with Crippen molar-refractivity contribution in [3.05, 3.63) is 34.3 Å². The Hall–Kier alpha value is -0.870. The molecule has 3 nitrogen and oxygen atoms in total. The number of halogens is 1. The molecule has 18 heavy (non-hydrogen) atoms. The molecule has 0 aliphatic carbocycles. The largest absolute Gasteiger partial charge is 0.350 e. The zero-order valence-electron chi connectivity index (χ0n) is 11.4. The molecule has 0 spiro atoms. The van der Waals surface area contributed by atoms with Crippen LogP contribution in [-0.4, -0.2) is 37.5 Å². The van der Waals surface area contributed by atoms with E-state index in [2.05, 4.69) is 40.0 Å². The summed E-state index contributed by atoms with van der Waals surface area (Å²) in [5.74, 6) is 0.467. The Morgan fingerprint density at radius 3 is 2.44 bits per heavy atom. The highest BCUT2D eigenvalue weighted by Gasteiger charge is 2.17. The molecule has 1 amide bonds. The second kappa shape index (κ2) is 6.90.